The number of rotatable bonds is 3. The normalized spacial score (nSPS) is 21.0. The van der Waals surface area contributed by atoms with Gasteiger partial charge in [0.2, 0.25) is 0 Å². The smallest absolute Gasteiger partial charge is 0.416 e. The number of hydrogen-bond donors (Lipinski definition) is 1. The van der Waals surface area contributed by atoms with E-state index in [1.807, 2.05) is 6.92 Å². The molecule has 5 rings (SSSR count). The van der Waals surface area contributed by atoms with E-state index in [9.17, 15) is 27.9 Å². The lowest BCUT2D eigenvalue weighted by Gasteiger charge is -2.27. The minimum absolute atomic E-state index is 0.0189. The molecule has 0 bridgehead atoms. The number of carbonyl (C=O) groups excluding carboxylic acids is 2. The van der Waals surface area contributed by atoms with Crippen molar-refractivity contribution in [2.75, 3.05) is 4.90 Å². The van der Waals surface area contributed by atoms with E-state index in [2.05, 4.69) is 0 Å². The van der Waals surface area contributed by atoms with Crippen LogP contribution in [0.2, 0.25) is 0 Å². The van der Waals surface area contributed by atoms with E-state index in [-0.39, 0.29) is 23.1 Å². The summed E-state index contributed by atoms with van der Waals surface area (Å²) in [7, 11) is 0. The van der Waals surface area contributed by atoms with Crippen molar-refractivity contribution in [1.29, 1.82) is 0 Å². The number of aliphatic hydroxyl groups is 1. The average Bonchev–Trinajstić information content (AvgIpc) is 3.34. The van der Waals surface area contributed by atoms with Gasteiger partial charge in [0.25, 0.3) is 11.7 Å². The summed E-state index contributed by atoms with van der Waals surface area (Å²) in [4.78, 5) is 27.7. The third kappa shape index (κ3) is 3.92. The molecule has 2 aliphatic heterocycles. The second-order valence-electron chi connectivity index (χ2n) is 9.03. The molecule has 3 aromatic carbocycles. The summed E-state index contributed by atoms with van der Waals surface area (Å²) in [5.74, 6) is -1.49. The Balaban J connectivity index is 1.67. The summed E-state index contributed by atoms with van der Waals surface area (Å²) < 4.78 is 45.1. The van der Waals surface area contributed by atoms with Crippen molar-refractivity contribution in [1.82, 2.24) is 0 Å². The van der Waals surface area contributed by atoms with Crippen LogP contribution in [0.15, 0.2) is 72.3 Å². The molecule has 5 nitrogen and oxygen atoms in total. The fourth-order valence-corrected chi connectivity index (χ4v) is 4.82. The highest BCUT2D eigenvalue weighted by Crippen LogP contribution is 2.44. The molecule has 36 heavy (non-hydrogen) atoms. The first-order chi connectivity index (χ1) is 17.1. The van der Waals surface area contributed by atoms with Crippen molar-refractivity contribution in [2.45, 2.75) is 38.6 Å². The number of alkyl halides is 3. The Morgan fingerprint density at radius 2 is 1.72 bits per heavy atom. The van der Waals surface area contributed by atoms with E-state index in [4.69, 9.17) is 4.74 Å². The number of fused-ring (bicyclic) bond motifs is 1. The highest BCUT2D eigenvalue weighted by atomic mass is 19.4. The van der Waals surface area contributed by atoms with Crippen LogP contribution in [0, 0.1) is 6.92 Å². The van der Waals surface area contributed by atoms with E-state index < -0.39 is 29.5 Å². The van der Waals surface area contributed by atoms with Crippen LogP contribution < -0.4 is 9.64 Å². The summed E-state index contributed by atoms with van der Waals surface area (Å²) in [6.45, 7) is 3.73. The predicted molar refractivity (Wildman–Crippen MR) is 128 cm³/mol. The van der Waals surface area contributed by atoms with Crippen LogP contribution in [0.5, 0.6) is 5.75 Å². The zero-order chi connectivity index (χ0) is 25.8. The first-order valence-electron chi connectivity index (χ1n) is 11.4. The fourth-order valence-electron chi connectivity index (χ4n) is 4.82. The van der Waals surface area contributed by atoms with Gasteiger partial charge >= 0.3 is 6.18 Å². The Morgan fingerprint density at radius 3 is 2.39 bits per heavy atom. The van der Waals surface area contributed by atoms with Gasteiger partial charge in [-0.1, -0.05) is 24.3 Å². The molecular formula is C28H22F3NO4. The van der Waals surface area contributed by atoms with Gasteiger partial charge in [0.05, 0.1) is 17.2 Å². The Labute approximate surface area is 205 Å². The minimum Gasteiger partial charge on any atom is -0.507 e. The van der Waals surface area contributed by atoms with Crippen LogP contribution >= 0.6 is 0 Å². The topological polar surface area (TPSA) is 66.8 Å². The lowest BCUT2D eigenvalue weighted by atomic mass is 9.92. The van der Waals surface area contributed by atoms with Gasteiger partial charge in [0, 0.05) is 17.7 Å². The van der Waals surface area contributed by atoms with Crippen molar-refractivity contribution < 1.29 is 32.6 Å². The largest absolute Gasteiger partial charge is 0.507 e. The number of halogens is 3. The minimum atomic E-state index is -4.54. The summed E-state index contributed by atoms with van der Waals surface area (Å²) in [6, 6.07) is 15.2. The van der Waals surface area contributed by atoms with Gasteiger partial charge in [-0.25, -0.2) is 0 Å². The number of hydrogen-bond acceptors (Lipinski definition) is 4. The zero-order valence-corrected chi connectivity index (χ0v) is 19.5. The fraction of sp³-hybridized carbons (Fsp3) is 0.214. The SMILES string of the molecule is Cc1ccccc1C1/C(=C(\O)c2ccc3c(c2)CC(C)O3)C(=O)C(=O)N1c1ccc(C(F)(F)F)cc1. The lowest BCUT2D eigenvalue weighted by molar-refractivity contribution is -0.137. The van der Waals surface area contributed by atoms with Crippen molar-refractivity contribution in [3.8, 4) is 5.75 Å². The Kier molecular flexibility index (Phi) is 5.62. The molecule has 1 N–H and O–H groups in total. The molecule has 0 aromatic heterocycles. The van der Waals surface area contributed by atoms with E-state index in [0.717, 1.165) is 40.3 Å². The van der Waals surface area contributed by atoms with Crippen LogP contribution in [-0.4, -0.2) is 22.9 Å². The van der Waals surface area contributed by atoms with Crippen LogP contribution in [0.25, 0.3) is 5.76 Å². The van der Waals surface area contributed by atoms with Crippen molar-refractivity contribution in [3.63, 3.8) is 0 Å². The molecule has 184 valence electrons. The number of anilines is 1. The number of benzene rings is 3. The average molecular weight is 493 g/mol. The lowest BCUT2D eigenvalue weighted by Crippen LogP contribution is -2.29. The summed E-state index contributed by atoms with van der Waals surface area (Å²) in [5.41, 5.74) is 1.69. The van der Waals surface area contributed by atoms with Gasteiger partial charge in [0.15, 0.2) is 0 Å². The zero-order valence-electron chi connectivity index (χ0n) is 19.5. The van der Waals surface area contributed by atoms with Crippen molar-refractivity contribution in [3.05, 3.63) is 100 Å². The number of carbonyl (C=O) groups is 2. The molecule has 2 heterocycles. The number of ether oxygens (including phenoxy) is 1. The first kappa shape index (κ1) is 23.7. The highest BCUT2D eigenvalue weighted by molar-refractivity contribution is 6.51. The van der Waals surface area contributed by atoms with Crippen LogP contribution in [-0.2, 0) is 22.2 Å². The maximum absolute atomic E-state index is 13.3. The van der Waals surface area contributed by atoms with Gasteiger partial charge in [-0.3, -0.25) is 14.5 Å². The van der Waals surface area contributed by atoms with E-state index >= 15 is 0 Å². The molecule has 2 unspecified atom stereocenters. The summed E-state index contributed by atoms with van der Waals surface area (Å²) >= 11 is 0. The maximum atomic E-state index is 13.3. The number of nitrogens with zero attached hydrogens (tertiary/aromatic N) is 1. The molecule has 0 spiro atoms. The van der Waals surface area contributed by atoms with Crippen molar-refractivity contribution >= 4 is 23.1 Å². The van der Waals surface area contributed by atoms with E-state index in [1.54, 1.807) is 49.4 Å². The van der Waals surface area contributed by atoms with Crippen molar-refractivity contribution in [2.24, 2.45) is 0 Å². The first-order valence-corrected chi connectivity index (χ1v) is 11.4. The maximum Gasteiger partial charge on any atom is 0.416 e. The standard InChI is InChI=1S/C28H22F3NO4/c1-15-5-3-4-6-21(15)24-23(25(33)17-7-12-22-18(14-17)13-16(2)36-22)26(34)27(35)32(24)20-10-8-19(9-11-20)28(29,30)31/h3-12,14,16,24,33H,13H2,1-2H3/b25-23+. The van der Waals surface area contributed by atoms with Gasteiger partial charge in [-0.05, 0) is 73.0 Å². The molecular weight excluding hydrogens is 471 g/mol. The quantitative estimate of drug-likeness (QED) is 0.278. The number of ketones is 1. The van der Waals surface area contributed by atoms with Crippen LogP contribution in [0.4, 0.5) is 18.9 Å². The van der Waals surface area contributed by atoms with Crippen LogP contribution in [0.1, 0.15) is 40.8 Å². The molecule has 0 radical (unpaired) electrons. The Hall–Kier alpha value is -4.07. The van der Waals surface area contributed by atoms with Gasteiger partial charge < -0.3 is 9.84 Å². The second-order valence-corrected chi connectivity index (χ2v) is 9.03. The van der Waals surface area contributed by atoms with Crippen LogP contribution in [0.3, 0.4) is 0 Å². The van der Waals surface area contributed by atoms with E-state index in [0.29, 0.717) is 23.3 Å². The Bertz CT molecular complexity index is 1410. The molecule has 1 fully saturated rings. The molecule has 1 amide bonds. The summed E-state index contributed by atoms with van der Waals surface area (Å²) in [6.07, 6.45) is -3.93. The molecule has 3 aromatic rings. The number of amides is 1. The number of aryl methyl sites for hydroxylation is 1. The van der Waals surface area contributed by atoms with Gasteiger partial charge in [-0.2, -0.15) is 13.2 Å². The molecule has 0 aliphatic carbocycles. The van der Waals surface area contributed by atoms with Gasteiger partial charge in [0.1, 0.15) is 17.6 Å². The van der Waals surface area contributed by atoms with Gasteiger partial charge in [-0.15, -0.1) is 0 Å². The molecule has 2 aliphatic rings. The molecule has 0 saturated carbocycles. The molecule has 8 heteroatoms. The number of aliphatic hydroxyl groups excluding tert-OH is 1. The molecule has 2 atom stereocenters. The summed E-state index contributed by atoms with van der Waals surface area (Å²) in [5, 5.41) is 11.3. The Morgan fingerprint density at radius 1 is 1.03 bits per heavy atom. The van der Waals surface area contributed by atoms with E-state index in [1.165, 1.54) is 0 Å². The second kappa shape index (κ2) is 8.55. The highest BCUT2D eigenvalue weighted by Gasteiger charge is 2.47. The molecule has 1 saturated heterocycles. The monoisotopic (exact) mass is 493 g/mol. The predicted octanol–water partition coefficient (Wildman–Crippen LogP) is 5.96. The third-order valence-electron chi connectivity index (χ3n) is 6.57. The third-order valence-corrected chi connectivity index (χ3v) is 6.57. The number of Topliss-reactive ketones (excluding diaryl/α,β-unsaturated/α-hetero) is 1.